The van der Waals surface area contributed by atoms with Gasteiger partial charge in [0.25, 0.3) is 5.78 Å². The summed E-state index contributed by atoms with van der Waals surface area (Å²) in [6, 6.07) is 6.78. The number of fused-ring (bicyclic) bond motifs is 1. The molecule has 0 saturated carbocycles. The highest BCUT2D eigenvalue weighted by Crippen LogP contribution is 2.31. The number of benzene rings is 1. The van der Waals surface area contributed by atoms with Crippen molar-refractivity contribution in [2.24, 2.45) is 0 Å². The molecule has 0 bridgehead atoms. The number of ketones is 1. The number of alkyl halides is 3. The summed E-state index contributed by atoms with van der Waals surface area (Å²) in [7, 11) is 0. The number of anilines is 2. The Morgan fingerprint density at radius 3 is 2.73 bits per heavy atom. The Morgan fingerprint density at radius 1 is 1.21 bits per heavy atom. The maximum atomic E-state index is 12.6. The van der Waals surface area contributed by atoms with Gasteiger partial charge in [-0.2, -0.15) is 22.8 Å². The van der Waals surface area contributed by atoms with Crippen LogP contribution in [0.15, 0.2) is 30.6 Å². The third-order valence-electron chi connectivity index (χ3n) is 4.49. The molecule has 0 aliphatic heterocycles. The van der Waals surface area contributed by atoms with Crippen LogP contribution >= 0.6 is 34.5 Å². The molecule has 3 N–H and O–H groups in total. The highest BCUT2D eigenvalue weighted by Gasteiger charge is 2.41. The van der Waals surface area contributed by atoms with Crippen LogP contribution < -0.4 is 11.1 Å². The fourth-order valence-corrected chi connectivity index (χ4v) is 4.48. The van der Waals surface area contributed by atoms with E-state index in [1.807, 2.05) is 0 Å². The lowest BCUT2D eigenvalue weighted by atomic mass is 10.1. The Morgan fingerprint density at radius 2 is 2.00 bits per heavy atom. The number of carbonyl (C=O) groups is 1. The van der Waals surface area contributed by atoms with Gasteiger partial charge in [0, 0.05) is 29.6 Å². The minimum absolute atomic E-state index is 0.316. The minimum atomic E-state index is -4.99. The number of carbonyl (C=O) groups excluding carboxylic acids is 1. The van der Waals surface area contributed by atoms with Crippen molar-refractivity contribution in [3.63, 3.8) is 0 Å². The maximum Gasteiger partial charge on any atom is 0.455 e. The lowest BCUT2D eigenvalue weighted by Crippen LogP contribution is -2.22. The average Bonchev–Trinajstić information content (AvgIpc) is 3.36. The van der Waals surface area contributed by atoms with Gasteiger partial charge in [0.1, 0.15) is 17.0 Å². The Kier molecular flexibility index (Phi) is 6.41. The van der Waals surface area contributed by atoms with Gasteiger partial charge in [0.2, 0.25) is 5.95 Å². The molecule has 0 atom stereocenters. The second-order valence-electron chi connectivity index (χ2n) is 6.80. The first-order valence-corrected chi connectivity index (χ1v) is 11.0. The van der Waals surface area contributed by atoms with Gasteiger partial charge in [0.15, 0.2) is 5.65 Å². The van der Waals surface area contributed by atoms with Crippen molar-refractivity contribution in [3.05, 3.63) is 50.5 Å². The van der Waals surface area contributed by atoms with E-state index in [0.29, 0.717) is 68.6 Å². The molecule has 14 heteroatoms. The zero-order valence-electron chi connectivity index (χ0n) is 16.5. The number of nitrogen functional groups attached to an aromatic ring is 1. The molecule has 1 aromatic carbocycles. The Labute approximate surface area is 198 Å². The molecule has 0 radical (unpaired) electrons. The number of hydrogen-bond acceptors (Lipinski definition) is 8. The quantitative estimate of drug-likeness (QED) is 0.265. The van der Waals surface area contributed by atoms with Crippen molar-refractivity contribution < 1.29 is 18.0 Å². The molecule has 0 aliphatic carbocycles. The predicted molar refractivity (Wildman–Crippen MR) is 120 cm³/mol. The molecule has 4 aromatic rings. The number of nitrogens with zero attached hydrogens (tertiary/aromatic N) is 5. The van der Waals surface area contributed by atoms with Gasteiger partial charge in [0.05, 0.1) is 15.7 Å². The minimum Gasteiger partial charge on any atom is -0.382 e. The van der Waals surface area contributed by atoms with Gasteiger partial charge in [-0.05, 0) is 24.6 Å². The van der Waals surface area contributed by atoms with Gasteiger partial charge in [-0.15, -0.1) is 11.3 Å². The second kappa shape index (κ2) is 9.12. The second-order valence-corrected chi connectivity index (χ2v) is 8.73. The van der Waals surface area contributed by atoms with Gasteiger partial charge in [-0.25, -0.2) is 15.0 Å². The SMILES string of the molecule is Nc1nc(CCCNc2nc(-c3ccc(Cl)cc3Cl)cc3ncnn23)sc1C(=O)C(F)(F)F. The molecule has 0 spiro atoms. The smallest absolute Gasteiger partial charge is 0.382 e. The van der Waals surface area contributed by atoms with Gasteiger partial charge in [-0.3, -0.25) is 4.79 Å². The van der Waals surface area contributed by atoms with E-state index < -0.39 is 22.7 Å². The number of nitrogens with two attached hydrogens (primary N) is 1. The van der Waals surface area contributed by atoms with E-state index in [1.165, 1.54) is 10.8 Å². The zero-order valence-corrected chi connectivity index (χ0v) is 18.9. The van der Waals surface area contributed by atoms with Crippen LogP contribution in [0.2, 0.25) is 10.0 Å². The van der Waals surface area contributed by atoms with Crippen LogP contribution in [-0.2, 0) is 6.42 Å². The fraction of sp³-hybridized carbons (Fsp3) is 0.211. The van der Waals surface area contributed by atoms with Crippen LogP contribution in [0.4, 0.5) is 24.9 Å². The molecule has 4 rings (SSSR count). The Balaban J connectivity index is 1.47. The summed E-state index contributed by atoms with van der Waals surface area (Å²) in [5.41, 5.74) is 7.25. The molecule has 0 unspecified atom stereocenters. The van der Waals surface area contributed by atoms with Crippen LogP contribution in [0, 0.1) is 0 Å². The van der Waals surface area contributed by atoms with Crippen LogP contribution in [0.25, 0.3) is 16.9 Å². The number of aryl methyl sites for hydroxylation is 1. The summed E-state index contributed by atoms with van der Waals surface area (Å²) >= 11 is 12.9. The lowest BCUT2D eigenvalue weighted by Gasteiger charge is -2.10. The van der Waals surface area contributed by atoms with E-state index >= 15 is 0 Å². The molecular weight excluding hydrogens is 502 g/mol. The summed E-state index contributed by atoms with van der Waals surface area (Å²) in [4.78, 5) is 23.5. The normalized spacial score (nSPS) is 11.8. The van der Waals surface area contributed by atoms with E-state index in [1.54, 1.807) is 24.3 Å². The molecule has 0 saturated heterocycles. The number of nitrogens with one attached hydrogen (secondary N) is 1. The third-order valence-corrected chi connectivity index (χ3v) is 6.16. The van der Waals surface area contributed by atoms with Crippen molar-refractivity contribution in [3.8, 4) is 11.3 Å². The molecule has 0 fully saturated rings. The molecular formula is C19H14Cl2F3N7OS. The zero-order chi connectivity index (χ0) is 23.8. The molecule has 172 valence electrons. The number of thiazole rings is 1. The van der Waals surface area contributed by atoms with Crippen LogP contribution in [0.5, 0.6) is 0 Å². The number of aromatic nitrogens is 5. The van der Waals surface area contributed by atoms with Crippen molar-refractivity contribution in [1.82, 2.24) is 24.6 Å². The maximum absolute atomic E-state index is 12.6. The first kappa shape index (κ1) is 23.2. The molecule has 33 heavy (non-hydrogen) atoms. The number of halogens is 5. The van der Waals surface area contributed by atoms with Crippen molar-refractivity contribution in [2.45, 2.75) is 19.0 Å². The van der Waals surface area contributed by atoms with Gasteiger partial charge in [-0.1, -0.05) is 23.2 Å². The Hall–Kier alpha value is -2.96. The molecule has 0 amide bonds. The average molecular weight is 516 g/mol. The largest absolute Gasteiger partial charge is 0.455 e. The topological polar surface area (TPSA) is 111 Å². The Bertz CT molecular complexity index is 1340. The number of Topliss-reactive ketones (excluding diaryl/α,β-unsaturated/α-hetero) is 1. The molecule has 3 heterocycles. The van der Waals surface area contributed by atoms with Crippen molar-refractivity contribution >= 4 is 57.7 Å². The molecule has 8 nitrogen and oxygen atoms in total. The molecule has 3 aromatic heterocycles. The fourth-order valence-electron chi connectivity index (χ4n) is 2.99. The monoisotopic (exact) mass is 515 g/mol. The summed E-state index contributed by atoms with van der Waals surface area (Å²) in [6.45, 7) is 0.391. The van der Waals surface area contributed by atoms with E-state index in [4.69, 9.17) is 28.9 Å². The number of rotatable bonds is 7. The van der Waals surface area contributed by atoms with Crippen LogP contribution in [-0.4, -0.2) is 43.1 Å². The third kappa shape index (κ3) is 5.02. The van der Waals surface area contributed by atoms with E-state index in [9.17, 15) is 18.0 Å². The molecule has 0 aliphatic rings. The summed E-state index contributed by atoms with van der Waals surface area (Å²) in [5.74, 6) is -2.00. The summed E-state index contributed by atoms with van der Waals surface area (Å²) in [5, 5.41) is 8.53. The summed E-state index contributed by atoms with van der Waals surface area (Å²) in [6.07, 6.45) is -2.81. The van der Waals surface area contributed by atoms with Crippen LogP contribution in [0.3, 0.4) is 0 Å². The first-order valence-electron chi connectivity index (χ1n) is 9.40. The standard InChI is InChI=1S/C19H14Cl2F3N7OS/c20-9-3-4-10(11(21)6-9)12-7-13-27-8-28-31(13)18(29-12)26-5-1-2-14-30-17(25)15(33-14)16(32)19(22,23)24/h3-4,6-8H,1-2,5,25H2,(H,26,29). The van der Waals surface area contributed by atoms with E-state index in [-0.39, 0.29) is 0 Å². The van der Waals surface area contributed by atoms with Crippen molar-refractivity contribution in [1.29, 1.82) is 0 Å². The predicted octanol–water partition coefficient (Wildman–Crippen LogP) is 4.93. The van der Waals surface area contributed by atoms with E-state index in [2.05, 4.69) is 25.4 Å². The van der Waals surface area contributed by atoms with Crippen molar-refractivity contribution in [2.75, 3.05) is 17.6 Å². The number of hydrogen-bond donors (Lipinski definition) is 2. The highest BCUT2D eigenvalue weighted by atomic mass is 35.5. The van der Waals surface area contributed by atoms with Gasteiger partial charge < -0.3 is 11.1 Å². The van der Waals surface area contributed by atoms with E-state index in [0.717, 1.165) is 0 Å². The van der Waals surface area contributed by atoms with Gasteiger partial charge >= 0.3 is 6.18 Å². The first-order chi connectivity index (χ1) is 15.6. The summed E-state index contributed by atoms with van der Waals surface area (Å²) < 4.78 is 39.5. The lowest BCUT2D eigenvalue weighted by molar-refractivity contribution is -0.0882. The van der Waals surface area contributed by atoms with Crippen LogP contribution in [0.1, 0.15) is 21.1 Å². The highest BCUT2D eigenvalue weighted by molar-refractivity contribution is 7.14.